The average molecular weight is 449 g/mol. The van der Waals surface area contributed by atoms with Gasteiger partial charge in [0.2, 0.25) is 5.88 Å². The van der Waals surface area contributed by atoms with Crippen molar-refractivity contribution < 1.29 is 14.6 Å². The van der Waals surface area contributed by atoms with Gasteiger partial charge in [-0.05, 0) is 24.0 Å². The fraction of sp³-hybridized carbons (Fsp3) is 0.385. The molecule has 0 spiro atoms. The molecular weight excluding hydrogens is 420 g/mol. The molecule has 3 heterocycles. The Morgan fingerprint density at radius 2 is 1.24 bits per heavy atom. The molecule has 5 rings (SSSR count). The average Bonchev–Trinajstić information content (AvgIpc) is 3.75. The minimum absolute atomic E-state index is 0.0157. The molecule has 2 aromatic carbocycles. The van der Waals surface area contributed by atoms with Crippen LogP contribution in [-0.4, -0.2) is 39.7 Å². The lowest BCUT2D eigenvalue weighted by molar-refractivity contribution is 0.335. The van der Waals surface area contributed by atoms with Crippen molar-refractivity contribution in [2.45, 2.75) is 50.0 Å². The van der Waals surface area contributed by atoms with Crippen molar-refractivity contribution in [3.63, 3.8) is 0 Å². The Kier molecular flexibility index (Phi) is 6.15. The minimum Gasteiger partial charge on any atom is -0.494 e. The summed E-state index contributed by atoms with van der Waals surface area (Å²) in [6.45, 7) is 1.94. The van der Waals surface area contributed by atoms with Gasteiger partial charge in [-0.1, -0.05) is 60.7 Å². The molecule has 2 fully saturated rings. The zero-order chi connectivity index (χ0) is 22.8. The summed E-state index contributed by atoms with van der Waals surface area (Å²) in [6, 6.07) is 20.9. The molecule has 0 saturated carbocycles. The highest BCUT2D eigenvalue weighted by atomic mass is 16.6. The number of ether oxygens (including phenoxy) is 2. The second-order valence-corrected chi connectivity index (χ2v) is 8.94. The Balaban J connectivity index is 1.46. The summed E-state index contributed by atoms with van der Waals surface area (Å²) in [5, 5.41) is 10.5. The maximum atomic E-state index is 13.5. The van der Waals surface area contributed by atoms with Crippen LogP contribution in [0, 0.1) is 0 Å². The van der Waals surface area contributed by atoms with Gasteiger partial charge in [-0.25, -0.2) is 4.79 Å². The molecule has 1 aromatic heterocycles. The van der Waals surface area contributed by atoms with Crippen molar-refractivity contribution >= 4 is 0 Å². The summed E-state index contributed by atoms with van der Waals surface area (Å²) in [5.74, 6) is -0.356. The van der Waals surface area contributed by atoms with Gasteiger partial charge in [0.1, 0.15) is 0 Å². The monoisotopic (exact) mass is 448 g/mol. The smallest absolute Gasteiger partial charge is 0.333 e. The van der Waals surface area contributed by atoms with Crippen molar-refractivity contribution in [1.29, 1.82) is 0 Å². The summed E-state index contributed by atoms with van der Waals surface area (Å²) >= 11 is 0. The van der Waals surface area contributed by atoms with E-state index in [4.69, 9.17) is 9.47 Å². The SMILES string of the molecule is O=c1cc(O)n(CC(CC2CO2)c2ccccc2)c(=O)n1CC(CC1CO1)c1ccccc1. The van der Waals surface area contributed by atoms with Gasteiger partial charge in [-0.15, -0.1) is 0 Å². The molecule has 33 heavy (non-hydrogen) atoms. The third-order valence-corrected chi connectivity index (χ3v) is 6.50. The number of nitrogens with zero attached hydrogens (tertiary/aromatic N) is 2. The van der Waals surface area contributed by atoms with E-state index < -0.39 is 11.2 Å². The molecule has 7 nitrogen and oxygen atoms in total. The van der Waals surface area contributed by atoms with Crippen molar-refractivity contribution in [3.05, 3.63) is 98.7 Å². The minimum atomic E-state index is -0.492. The van der Waals surface area contributed by atoms with E-state index in [1.165, 1.54) is 9.13 Å². The Bertz CT molecular complexity index is 1200. The lowest BCUT2D eigenvalue weighted by Gasteiger charge is -2.21. The molecule has 2 saturated heterocycles. The lowest BCUT2D eigenvalue weighted by Crippen LogP contribution is -2.41. The topological polar surface area (TPSA) is 89.3 Å². The standard InChI is InChI=1S/C26H28N2O5/c29-24-13-25(30)28(15-21(12-23-17-33-23)19-9-5-2-6-10-19)26(31)27(24)14-20(11-22-16-32-22)18-7-3-1-4-8-18/h1-10,13,20-23,29H,11-12,14-17H2. The van der Waals surface area contributed by atoms with Crippen LogP contribution < -0.4 is 11.2 Å². The molecule has 0 aliphatic carbocycles. The van der Waals surface area contributed by atoms with Crippen molar-refractivity contribution in [3.8, 4) is 5.88 Å². The fourth-order valence-corrected chi connectivity index (χ4v) is 4.51. The highest BCUT2D eigenvalue weighted by Crippen LogP contribution is 2.30. The Morgan fingerprint density at radius 1 is 0.788 bits per heavy atom. The van der Waals surface area contributed by atoms with Crippen LogP contribution in [0.5, 0.6) is 5.88 Å². The number of hydrogen-bond donors (Lipinski definition) is 1. The van der Waals surface area contributed by atoms with Crippen molar-refractivity contribution in [1.82, 2.24) is 9.13 Å². The Labute approximate surface area is 191 Å². The zero-order valence-electron chi connectivity index (χ0n) is 18.4. The van der Waals surface area contributed by atoms with E-state index in [2.05, 4.69) is 0 Å². The molecule has 2 aliphatic heterocycles. The van der Waals surface area contributed by atoms with E-state index >= 15 is 0 Å². The number of hydrogen-bond acceptors (Lipinski definition) is 5. The van der Waals surface area contributed by atoms with Crippen LogP contribution in [0.25, 0.3) is 0 Å². The van der Waals surface area contributed by atoms with E-state index in [1.54, 1.807) is 0 Å². The fourth-order valence-electron chi connectivity index (χ4n) is 4.51. The number of epoxide rings is 2. The molecule has 1 N–H and O–H groups in total. The van der Waals surface area contributed by atoms with Crippen LogP contribution in [0.4, 0.5) is 0 Å². The molecule has 7 heteroatoms. The van der Waals surface area contributed by atoms with Crippen LogP contribution in [0.1, 0.15) is 35.8 Å². The predicted octanol–water partition coefficient (Wildman–Crippen LogP) is 2.86. The Hall–Kier alpha value is -3.16. The molecule has 0 radical (unpaired) electrons. The first-order chi connectivity index (χ1) is 16.1. The van der Waals surface area contributed by atoms with Gasteiger partial charge in [-0.3, -0.25) is 13.9 Å². The summed E-state index contributed by atoms with van der Waals surface area (Å²) in [5.41, 5.74) is 1.15. The quantitative estimate of drug-likeness (QED) is 0.482. The summed E-state index contributed by atoms with van der Waals surface area (Å²) < 4.78 is 13.4. The molecule has 172 valence electrons. The number of aromatic hydroxyl groups is 1. The highest BCUT2D eigenvalue weighted by molar-refractivity contribution is 5.22. The molecule has 2 aliphatic rings. The van der Waals surface area contributed by atoms with Gasteiger partial charge in [-0.2, -0.15) is 0 Å². The first-order valence-corrected chi connectivity index (χ1v) is 11.4. The van der Waals surface area contributed by atoms with Gasteiger partial charge in [0, 0.05) is 24.9 Å². The third-order valence-electron chi connectivity index (χ3n) is 6.50. The molecule has 3 aromatic rings. The molecule has 4 atom stereocenters. The molecule has 4 unspecified atom stereocenters. The van der Waals surface area contributed by atoms with Crippen molar-refractivity contribution in [2.24, 2.45) is 0 Å². The van der Waals surface area contributed by atoms with Gasteiger partial charge < -0.3 is 14.6 Å². The maximum Gasteiger partial charge on any atom is 0.333 e. The first-order valence-electron chi connectivity index (χ1n) is 11.4. The summed E-state index contributed by atoms with van der Waals surface area (Å²) in [4.78, 5) is 26.2. The van der Waals surface area contributed by atoms with Gasteiger partial charge in [0.05, 0.1) is 31.5 Å². The van der Waals surface area contributed by atoms with Gasteiger partial charge >= 0.3 is 5.69 Å². The van der Waals surface area contributed by atoms with Crippen LogP contribution in [0.3, 0.4) is 0 Å². The lowest BCUT2D eigenvalue weighted by atomic mass is 9.94. The zero-order valence-corrected chi connectivity index (χ0v) is 18.4. The molecule has 0 amide bonds. The van der Waals surface area contributed by atoms with Crippen molar-refractivity contribution in [2.75, 3.05) is 13.2 Å². The normalized spacial score (nSPS) is 20.8. The van der Waals surface area contributed by atoms with Crippen LogP contribution in [0.2, 0.25) is 0 Å². The Morgan fingerprint density at radius 3 is 1.70 bits per heavy atom. The van der Waals surface area contributed by atoms with Crippen LogP contribution in [-0.2, 0) is 22.6 Å². The second-order valence-electron chi connectivity index (χ2n) is 8.94. The molecular formula is C26H28N2O5. The van der Waals surface area contributed by atoms with E-state index in [1.807, 2.05) is 60.7 Å². The maximum absolute atomic E-state index is 13.5. The number of aromatic nitrogens is 2. The second kappa shape index (κ2) is 9.37. The van der Waals surface area contributed by atoms with E-state index in [0.29, 0.717) is 13.2 Å². The highest BCUT2D eigenvalue weighted by Gasteiger charge is 2.30. The van der Waals surface area contributed by atoms with E-state index in [0.717, 1.165) is 30.0 Å². The van der Waals surface area contributed by atoms with Gasteiger partial charge in [0.15, 0.2) is 0 Å². The summed E-state index contributed by atoms with van der Waals surface area (Å²) in [6.07, 6.45) is 1.81. The van der Waals surface area contributed by atoms with E-state index in [-0.39, 0.29) is 43.0 Å². The van der Waals surface area contributed by atoms with Crippen LogP contribution in [0.15, 0.2) is 76.3 Å². The number of rotatable bonds is 10. The van der Waals surface area contributed by atoms with Gasteiger partial charge in [0.25, 0.3) is 5.56 Å². The molecule has 0 bridgehead atoms. The largest absolute Gasteiger partial charge is 0.494 e. The predicted molar refractivity (Wildman–Crippen MR) is 124 cm³/mol. The van der Waals surface area contributed by atoms with Crippen LogP contribution >= 0.6 is 0 Å². The first kappa shape index (κ1) is 21.7. The third kappa shape index (κ3) is 5.26. The summed E-state index contributed by atoms with van der Waals surface area (Å²) in [7, 11) is 0. The van der Waals surface area contributed by atoms with E-state index in [9.17, 15) is 14.7 Å². The number of benzene rings is 2.